The Hall–Kier alpha value is -5.60. The molecule has 0 N–H and O–H groups in total. The maximum atomic E-state index is 5.39. The molecule has 0 aliphatic heterocycles. The van der Waals surface area contributed by atoms with Crippen LogP contribution in [0.4, 0.5) is 0 Å². The zero-order chi connectivity index (χ0) is 32.3. The summed E-state index contributed by atoms with van der Waals surface area (Å²) < 4.78 is 0. The Balaban J connectivity index is 1.54. The van der Waals surface area contributed by atoms with Gasteiger partial charge in [0.2, 0.25) is 0 Å². The van der Waals surface area contributed by atoms with E-state index >= 15 is 0 Å². The topological polar surface area (TPSA) is 25.8 Å². The van der Waals surface area contributed by atoms with Gasteiger partial charge in [-0.15, -0.1) is 0 Å². The molecule has 0 saturated heterocycles. The van der Waals surface area contributed by atoms with E-state index in [2.05, 4.69) is 137 Å². The molecule has 1 aliphatic rings. The number of aromatic nitrogens is 2. The molecule has 8 rings (SSSR count). The normalized spacial score (nSPS) is 15.8. The predicted molar refractivity (Wildman–Crippen MR) is 200 cm³/mol. The Morgan fingerprint density at radius 3 is 2.02 bits per heavy atom. The maximum Gasteiger partial charge on any atom is 0.0985 e. The van der Waals surface area contributed by atoms with Crippen molar-refractivity contribution in [3.8, 4) is 22.5 Å². The fourth-order valence-electron chi connectivity index (χ4n) is 7.71. The van der Waals surface area contributed by atoms with Crippen molar-refractivity contribution in [2.75, 3.05) is 0 Å². The second kappa shape index (κ2) is 11.0. The Morgan fingerprint density at radius 2 is 1.28 bits per heavy atom. The molecule has 226 valence electrons. The van der Waals surface area contributed by atoms with Crippen LogP contribution >= 0.6 is 0 Å². The van der Waals surface area contributed by atoms with Crippen LogP contribution in [-0.2, 0) is 5.41 Å². The van der Waals surface area contributed by atoms with Crippen LogP contribution in [0.25, 0.3) is 66.2 Å². The minimum Gasteiger partial charge on any atom is -0.244 e. The maximum absolute atomic E-state index is 5.39. The highest BCUT2D eigenvalue weighted by Crippen LogP contribution is 2.54. The van der Waals surface area contributed by atoms with Crippen LogP contribution in [0.1, 0.15) is 43.0 Å². The van der Waals surface area contributed by atoms with E-state index < -0.39 is 0 Å². The third-order valence-electron chi connectivity index (χ3n) is 9.88. The van der Waals surface area contributed by atoms with Crippen molar-refractivity contribution in [3.63, 3.8) is 0 Å². The Bertz CT molecular complexity index is 2460. The van der Waals surface area contributed by atoms with Crippen LogP contribution in [0.2, 0.25) is 0 Å². The molecule has 0 atom stereocenters. The molecule has 0 bridgehead atoms. The van der Waals surface area contributed by atoms with Gasteiger partial charge >= 0.3 is 0 Å². The molecule has 0 fully saturated rings. The van der Waals surface area contributed by atoms with Crippen LogP contribution in [0, 0.1) is 6.92 Å². The van der Waals surface area contributed by atoms with Gasteiger partial charge in [-0.05, 0) is 80.9 Å². The Kier molecular flexibility index (Phi) is 6.77. The van der Waals surface area contributed by atoms with Gasteiger partial charge in [-0.2, -0.15) is 0 Å². The number of hydrogen-bond acceptors (Lipinski definition) is 2. The molecule has 1 aromatic heterocycles. The third kappa shape index (κ3) is 4.47. The second-order valence-electron chi connectivity index (χ2n) is 13.1. The van der Waals surface area contributed by atoms with Crippen LogP contribution < -0.4 is 0 Å². The van der Waals surface area contributed by atoms with Crippen LogP contribution in [0.5, 0.6) is 0 Å². The summed E-state index contributed by atoms with van der Waals surface area (Å²) in [7, 11) is 0. The summed E-state index contributed by atoms with van der Waals surface area (Å²) in [5, 5.41) is 4.77. The highest BCUT2D eigenvalue weighted by Gasteiger charge is 2.39. The van der Waals surface area contributed by atoms with Gasteiger partial charge in [0, 0.05) is 16.5 Å². The largest absolute Gasteiger partial charge is 0.244 e. The highest BCUT2D eigenvalue weighted by molar-refractivity contribution is 6.22. The molecule has 7 aromatic rings. The van der Waals surface area contributed by atoms with Crippen molar-refractivity contribution in [1.29, 1.82) is 0 Å². The molecular formula is C45H36N2. The van der Waals surface area contributed by atoms with Gasteiger partial charge in [-0.3, -0.25) is 0 Å². The smallest absolute Gasteiger partial charge is 0.0985 e. The monoisotopic (exact) mass is 604 g/mol. The number of para-hydroxylation sites is 2. The molecule has 47 heavy (non-hydrogen) atoms. The van der Waals surface area contributed by atoms with Gasteiger partial charge in [0.25, 0.3) is 0 Å². The lowest BCUT2D eigenvalue weighted by Crippen LogP contribution is -2.15. The lowest BCUT2D eigenvalue weighted by atomic mass is 9.80. The van der Waals surface area contributed by atoms with E-state index in [-0.39, 0.29) is 5.41 Å². The number of fused-ring (bicyclic) bond motifs is 4. The van der Waals surface area contributed by atoms with Crippen molar-refractivity contribution in [3.05, 3.63) is 168 Å². The van der Waals surface area contributed by atoms with Crippen molar-refractivity contribution in [2.24, 2.45) is 0 Å². The molecule has 0 radical (unpaired) electrons. The molecule has 6 aromatic carbocycles. The van der Waals surface area contributed by atoms with Crippen LogP contribution in [-0.4, -0.2) is 9.97 Å². The highest BCUT2D eigenvalue weighted by atomic mass is 14.8. The summed E-state index contributed by atoms with van der Waals surface area (Å²) in [6.07, 6.45) is 4.14. The summed E-state index contributed by atoms with van der Waals surface area (Å²) in [4.78, 5) is 10.6. The van der Waals surface area contributed by atoms with Crippen molar-refractivity contribution >= 4 is 43.7 Å². The Morgan fingerprint density at radius 1 is 0.660 bits per heavy atom. The predicted octanol–water partition coefficient (Wildman–Crippen LogP) is 11.9. The first kappa shape index (κ1) is 28.8. The SMILES string of the molecule is C=C/C=C1\C(=C(/C)c2c3ccccc3c(-c3nc4ccccc4nc3-c3ccccc3)c3ccc(C)cc23)c2ccccc2C1(C)C. The molecular weight excluding hydrogens is 569 g/mol. The Labute approximate surface area is 276 Å². The third-order valence-corrected chi connectivity index (χ3v) is 9.88. The van der Waals surface area contributed by atoms with Gasteiger partial charge < -0.3 is 0 Å². The first-order valence-corrected chi connectivity index (χ1v) is 16.3. The number of nitrogens with zero attached hydrogens (tertiary/aromatic N) is 2. The molecule has 0 saturated carbocycles. The standard InChI is InChI=1S/C45H36N2/c1-6-16-37-41(34-21-12-13-22-36(34)45(37,4)5)29(3)40-31-19-10-11-20-32(31)42(33-26-25-28(2)27-35(33)40)44-43(30-17-8-7-9-18-30)46-38-23-14-15-24-39(38)47-44/h6-27H,1H2,2-5H3/b37-16+,41-29+. The van der Waals surface area contributed by atoms with Crippen LogP contribution in [0.15, 0.2) is 146 Å². The molecule has 0 spiro atoms. The zero-order valence-corrected chi connectivity index (χ0v) is 27.3. The van der Waals surface area contributed by atoms with E-state index in [0.717, 1.165) is 33.5 Å². The van der Waals surface area contributed by atoms with E-state index in [1.807, 2.05) is 30.3 Å². The van der Waals surface area contributed by atoms with Gasteiger partial charge in [-0.25, -0.2) is 9.97 Å². The van der Waals surface area contributed by atoms with Crippen molar-refractivity contribution in [1.82, 2.24) is 9.97 Å². The number of benzene rings is 6. The lowest BCUT2D eigenvalue weighted by Gasteiger charge is -2.23. The molecule has 0 amide bonds. The number of allylic oxidation sites excluding steroid dienone is 5. The summed E-state index contributed by atoms with van der Waals surface area (Å²) in [6, 6.07) is 43.2. The summed E-state index contributed by atoms with van der Waals surface area (Å²) in [6.45, 7) is 13.3. The fraction of sp³-hybridized carbons (Fsp3) is 0.111. The molecule has 2 heteroatoms. The average molecular weight is 605 g/mol. The average Bonchev–Trinajstić information content (AvgIpc) is 3.32. The summed E-state index contributed by atoms with van der Waals surface area (Å²) >= 11 is 0. The molecule has 1 heterocycles. The summed E-state index contributed by atoms with van der Waals surface area (Å²) in [5.74, 6) is 0. The number of aryl methyl sites for hydroxylation is 1. The van der Waals surface area contributed by atoms with Gasteiger partial charge in [0.15, 0.2) is 0 Å². The van der Waals surface area contributed by atoms with E-state index in [1.54, 1.807) is 0 Å². The first-order valence-electron chi connectivity index (χ1n) is 16.3. The van der Waals surface area contributed by atoms with Gasteiger partial charge in [0.05, 0.1) is 22.4 Å². The van der Waals surface area contributed by atoms with E-state index in [1.165, 1.54) is 60.5 Å². The van der Waals surface area contributed by atoms with E-state index in [4.69, 9.17) is 9.97 Å². The lowest BCUT2D eigenvalue weighted by molar-refractivity contribution is 0.661. The molecule has 2 nitrogen and oxygen atoms in total. The first-order chi connectivity index (χ1) is 22.9. The summed E-state index contributed by atoms with van der Waals surface area (Å²) in [5.41, 5.74) is 14.6. The minimum absolute atomic E-state index is 0.145. The number of hydrogen-bond donors (Lipinski definition) is 0. The number of rotatable bonds is 4. The van der Waals surface area contributed by atoms with Gasteiger partial charge in [0.1, 0.15) is 0 Å². The van der Waals surface area contributed by atoms with E-state index in [0.29, 0.717) is 0 Å². The van der Waals surface area contributed by atoms with Crippen molar-refractivity contribution in [2.45, 2.75) is 33.1 Å². The zero-order valence-electron chi connectivity index (χ0n) is 27.3. The quantitative estimate of drug-likeness (QED) is 0.187. The molecule has 1 aliphatic carbocycles. The van der Waals surface area contributed by atoms with Crippen LogP contribution in [0.3, 0.4) is 0 Å². The minimum atomic E-state index is -0.145. The fourth-order valence-corrected chi connectivity index (χ4v) is 7.71. The van der Waals surface area contributed by atoms with Gasteiger partial charge in [-0.1, -0.05) is 147 Å². The molecule has 0 unspecified atom stereocenters. The van der Waals surface area contributed by atoms with E-state index in [9.17, 15) is 0 Å². The second-order valence-corrected chi connectivity index (χ2v) is 13.1. The van der Waals surface area contributed by atoms with Crippen molar-refractivity contribution < 1.29 is 0 Å².